The van der Waals surface area contributed by atoms with E-state index in [-0.39, 0.29) is 12.1 Å². The van der Waals surface area contributed by atoms with Crippen molar-refractivity contribution in [3.63, 3.8) is 0 Å². The van der Waals surface area contributed by atoms with Gasteiger partial charge in [0.15, 0.2) is 11.6 Å². The van der Waals surface area contributed by atoms with Gasteiger partial charge in [-0.05, 0) is 39.6 Å². The molecule has 2 rings (SSSR count). The zero-order valence-electron chi connectivity index (χ0n) is 11.9. The van der Waals surface area contributed by atoms with Gasteiger partial charge in [-0.25, -0.2) is 4.98 Å². The predicted octanol–water partition coefficient (Wildman–Crippen LogP) is 0.981. The smallest absolute Gasteiger partial charge is 0.171 e. The van der Waals surface area contributed by atoms with Crippen LogP contribution in [0, 0.1) is 0 Å². The molecule has 0 aromatic carbocycles. The SMILES string of the molecule is CCOc1cccnc1N1CC(O)CC1CN(C)C. The van der Waals surface area contributed by atoms with Crippen molar-refractivity contribution in [3.05, 3.63) is 18.3 Å². The van der Waals surface area contributed by atoms with Gasteiger partial charge in [-0.1, -0.05) is 0 Å². The molecule has 5 heteroatoms. The maximum atomic E-state index is 9.94. The van der Waals surface area contributed by atoms with Gasteiger partial charge in [-0.2, -0.15) is 0 Å². The number of β-amino-alcohol motifs (C(OH)–C–C–N with tert-alkyl or cyclic N) is 1. The van der Waals surface area contributed by atoms with Crippen LogP contribution in [0.5, 0.6) is 5.75 Å². The second kappa shape index (κ2) is 6.21. The molecule has 0 radical (unpaired) electrons. The largest absolute Gasteiger partial charge is 0.490 e. The summed E-state index contributed by atoms with van der Waals surface area (Å²) >= 11 is 0. The van der Waals surface area contributed by atoms with Crippen molar-refractivity contribution in [3.8, 4) is 5.75 Å². The van der Waals surface area contributed by atoms with Gasteiger partial charge in [0.2, 0.25) is 0 Å². The van der Waals surface area contributed by atoms with Crippen LogP contribution in [0.15, 0.2) is 18.3 Å². The van der Waals surface area contributed by atoms with E-state index in [4.69, 9.17) is 4.74 Å². The lowest BCUT2D eigenvalue weighted by atomic mass is 10.2. The molecule has 19 heavy (non-hydrogen) atoms. The predicted molar refractivity (Wildman–Crippen MR) is 75.7 cm³/mol. The van der Waals surface area contributed by atoms with E-state index in [9.17, 15) is 5.11 Å². The third-order valence-corrected chi connectivity index (χ3v) is 3.29. The highest BCUT2D eigenvalue weighted by Gasteiger charge is 2.33. The van der Waals surface area contributed by atoms with Gasteiger partial charge in [-0.3, -0.25) is 0 Å². The molecule has 2 unspecified atom stereocenters. The van der Waals surface area contributed by atoms with Crippen molar-refractivity contribution in [1.29, 1.82) is 0 Å². The first-order chi connectivity index (χ1) is 9.11. The van der Waals surface area contributed by atoms with Gasteiger partial charge in [0.05, 0.1) is 12.7 Å². The minimum Gasteiger partial charge on any atom is -0.490 e. The molecule has 1 N–H and O–H groups in total. The number of aliphatic hydroxyl groups excluding tert-OH is 1. The number of rotatable bonds is 5. The van der Waals surface area contributed by atoms with Crippen LogP contribution in [0.2, 0.25) is 0 Å². The molecule has 1 saturated heterocycles. The Kier molecular flexibility index (Phi) is 4.61. The topological polar surface area (TPSA) is 48.8 Å². The second-order valence-corrected chi connectivity index (χ2v) is 5.22. The van der Waals surface area contributed by atoms with Gasteiger partial charge >= 0.3 is 0 Å². The molecule has 2 atom stereocenters. The van der Waals surface area contributed by atoms with Crippen molar-refractivity contribution in [2.24, 2.45) is 0 Å². The number of anilines is 1. The minimum absolute atomic E-state index is 0.277. The molecule has 5 nitrogen and oxygen atoms in total. The van der Waals surface area contributed by atoms with Crippen molar-refractivity contribution >= 4 is 5.82 Å². The van der Waals surface area contributed by atoms with E-state index in [0.29, 0.717) is 13.2 Å². The lowest BCUT2D eigenvalue weighted by Gasteiger charge is -2.28. The van der Waals surface area contributed by atoms with Crippen molar-refractivity contribution in [1.82, 2.24) is 9.88 Å². The number of hydrogen-bond acceptors (Lipinski definition) is 5. The van der Waals surface area contributed by atoms with E-state index in [1.165, 1.54) is 0 Å². The van der Waals surface area contributed by atoms with Crippen molar-refractivity contribution in [2.45, 2.75) is 25.5 Å². The Morgan fingerprint density at radius 1 is 1.53 bits per heavy atom. The summed E-state index contributed by atoms with van der Waals surface area (Å²) in [7, 11) is 4.09. The summed E-state index contributed by atoms with van der Waals surface area (Å²) in [6, 6.07) is 4.09. The van der Waals surface area contributed by atoms with Crippen molar-refractivity contribution < 1.29 is 9.84 Å². The zero-order valence-corrected chi connectivity index (χ0v) is 11.9. The molecular weight excluding hydrogens is 242 g/mol. The van der Waals surface area contributed by atoms with Crippen LogP contribution in [0.4, 0.5) is 5.82 Å². The van der Waals surface area contributed by atoms with E-state index < -0.39 is 0 Å². The number of pyridine rings is 1. The molecule has 106 valence electrons. The average Bonchev–Trinajstić information content (AvgIpc) is 2.70. The second-order valence-electron chi connectivity index (χ2n) is 5.22. The van der Waals surface area contributed by atoms with Gasteiger partial charge in [0.1, 0.15) is 0 Å². The lowest BCUT2D eigenvalue weighted by Crippen LogP contribution is -2.38. The van der Waals surface area contributed by atoms with E-state index in [0.717, 1.165) is 24.5 Å². The van der Waals surface area contributed by atoms with E-state index >= 15 is 0 Å². The van der Waals surface area contributed by atoms with Crippen LogP contribution in [-0.4, -0.2) is 60.9 Å². The molecular formula is C14H23N3O2. The van der Waals surface area contributed by atoms with Gasteiger partial charge in [-0.15, -0.1) is 0 Å². The Bertz CT molecular complexity index is 411. The monoisotopic (exact) mass is 265 g/mol. The van der Waals surface area contributed by atoms with Crippen LogP contribution in [0.3, 0.4) is 0 Å². The molecule has 0 spiro atoms. The highest BCUT2D eigenvalue weighted by atomic mass is 16.5. The molecule has 1 aliphatic heterocycles. The van der Waals surface area contributed by atoms with E-state index in [2.05, 4.69) is 14.8 Å². The number of nitrogens with zero attached hydrogens (tertiary/aromatic N) is 3. The summed E-state index contributed by atoms with van der Waals surface area (Å²) in [4.78, 5) is 8.74. The molecule has 1 fully saturated rings. The Labute approximate surface area is 114 Å². The van der Waals surface area contributed by atoms with Crippen LogP contribution in [0.25, 0.3) is 0 Å². The molecule has 0 aliphatic carbocycles. The van der Waals surface area contributed by atoms with Crippen LogP contribution in [0.1, 0.15) is 13.3 Å². The maximum Gasteiger partial charge on any atom is 0.171 e. The quantitative estimate of drug-likeness (QED) is 0.860. The third kappa shape index (κ3) is 3.36. The fraction of sp³-hybridized carbons (Fsp3) is 0.643. The normalized spacial score (nSPS) is 23.1. The third-order valence-electron chi connectivity index (χ3n) is 3.29. The standard InChI is InChI=1S/C14H23N3O2/c1-4-19-13-6-5-7-15-14(13)17-10-12(18)8-11(17)9-16(2)3/h5-7,11-12,18H,4,8-10H2,1-3H3. The minimum atomic E-state index is -0.290. The van der Waals surface area contributed by atoms with E-state index in [1.807, 2.05) is 33.2 Å². The maximum absolute atomic E-state index is 9.94. The Morgan fingerprint density at radius 3 is 3.00 bits per heavy atom. The number of aliphatic hydroxyl groups is 1. The van der Waals surface area contributed by atoms with Gasteiger partial charge < -0.3 is 19.6 Å². The highest BCUT2D eigenvalue weighted by Crippen LogP contribution is 2.31. The number of likely N-dealkylation sites (N-methyl/N-ethyl adjacent to an activating group) is 1. The fourth-order valence-electron chi connectivity index (χ4n) is 2.61. The lowest BCUT2D eigenvalue weighted by molar-refractivity contribution is 0.191. The molecule has 1 aromatic rings. The summed E-state index contributed by atoms with van der Waals surface area (Å²) in [5.74, 6) is 1.63. The summed E-state index contributed by atoms with van der Waals surface area (Å²) in [5, 5.41) is 9.94. The molecule has 0 bridgehead atoms. The first-order valence-electron chi connectivity index (χ1n) is 6.79. The summed E-state index contributed by atoms with van der Waals surface area (Å²) in [6.45, 7) is 4.11. The Balaban J connectivity index is 2.23. The number of hydrogen-bond donors (Lipinski definition) is 1. The van der Waals surface area contributed by atoms with Crippen LogP contribution in [-0.2, 0) is 0 Å². The number of ether oxygens (including phenoxy) is 1. The molecule has 0 amide bonds. The number of aromatic nitrogens is 1. The highest BCUT2D eigenvalue weighted by molar-refractivity contribution is 5.54. The van der Waals surface area contributed by atoms with Crippen LogP contribution >= 0.6 is 0 Å². The molecule has 1 aliphatic rings. The van der Waals surface area contributed by atoms with Crippen LogP contribution < -0.4 is 9.64 Å². The molecule has 2 heterocycles. The summed E-state index contributed by atoms with van der Waals surface area (Å²) < 4.78 is 5.64. The summed E-state index contributed by atoms with van der Waals surface area (Å²) in [6.07, 6.45) is 2.26. The molecule has 1 aromatic heterocycles. The summed E-state index contributed by atoms with van der Waals surface area (Å²) in [5.41, 5.74) is 0. The Hall–Kier alpha value is -1.33. The first-order valence-corrected chi connectivity index (χ1v) is 6.79. The average molecular weight is 265 g/mol. The van der Waals surface area contributed by atoms with Gasteiger partial charge in [0.25, 0.3) is 0 Å². The van der Waals surface area contributed by atoms with Gasteiger partial charge in [0, 0.05) is 25.3 Å². The zero-order chi connectivity index (χ0) is 13.8. The Morgan fingerprint density at radius 2 is 2.32 bits per heavy atom. The fourth-order valence-corrected chi connectivity index (χ4v) is 2.61. The molecule has 0 saturated carbocycles. The van der Waals surface area contributed by atoms with Crippen molar-refractivity contribution in [2.75, 3.05) is 38.7 Å². The van der Waals surface area contributed by atoms with E-state index in [1.54, 1.807) is 6.20 Å². The first kappa shape index (κ1) is 14.1.